The summed E-state index contributed by atoms with van der Waals surface area (Å²) >= 11 is 0. The molecule has 0 aromatic rings. The molecule has 0 saturated heterocycles. The summed E-state index contributed by atoms with van der Waals surface area (Å²) in [6.07, 6.45) is 9.44. The molecular formula is C12H24O. The van der Waals surface area contributed by atoms with Crippen LogP contribution in [0.5, 0.6) is 0 Å². The summed E-state index contributed by atoms with van der Waals surface area (Å²) in [6.45, 7) is 6.37. The second kappa shape index (κ2) is 8.31. The first-order valence-electron chi connectivity index (χ1n) is 5.55. The van der Waals surface area contributed by atoms with Gasteiger partial charge in [-0.1, -0.05) is 38.8 Å². The Labute approximate surface area is 82.9 Å². The molecule has 0 heterocycles. The van der Waals surface area contributed by atoms with Gasteiger partial charge in [0.15, 0.2) is 0 Å². The zero-order chi connectivity index (χ0) is 10.1. The molecule has 0 aliphatic heterocycles. The number of rotatable bonds is 7. The minimum atomic E-state index is -0.129. The Morgan fingerprint density at radius 1 is 1.15 bits per heavy atom. The van der Waals surface area contributed by atoms with Gasteiger partial charge < -0.3 is 5.11 Å². The summed E-state index contributed by atoms with van der Waals surface area (Å²) in [5.74, 6) is 0.506. The molecule has 78 valence electrons. The van der Waals surface area contributed by atoms with Crippen LogP contribution < -0.4 is 0 Å². The van der Waals surface area contributed by atoms with Crippen LogP contribution in [0.3, 0.4) is 0 Å². The molecule has 1 nitrogen and oxygen atoms in total. The maximum absolute atomic E-state index is 9.85. The average Bonchev–Trinajstić information content (AvgIpc) is 2.14. The van der Waals surface area contributed by atoms with Crippen LogP contribution in [0.25, 0.3) is 0 Å². The summed E-state index contributed by atoms with van der Waals surface area (Å²) in [5, 5.41) is 9.85. The quantitative estimate of drug-likeness (QED) is 0.600. The Balaban J connectivity index is 3.86. The third-order valence-corrected chi connectivity index (χ3v) is 2.48. The molecule has 0 amide bonds. The first kappa shape index (κ1) is 12.7. The lowest BCUT2D eigenvalue weighted by atomic mass is 9.90. The van der Waals surface area contributed by atoms with Crippen LogP contribution in [-0.2, 0) is 0 Å². The standard InChI is InChI=1S/C12H24O/c1-4-7-10-12(13)11(8-5-2)9-6-3/h4,7,11-13H,5-6,8-10H2,1-3H3. The van der Waals surface area contributed by atoms with Crippen molar-refractivity contribution in [2.75, 3.05) is 0 Å². The first-order valence-corrected chi connectivity index (χ1v) is 5.55. The smallest absolute Gasteiger partial charge is 0.0602 e. The summed E-state index contributed by atoms with van der Waals surface area (Å²) in [6, 6.07) is 0. The van der Waals surface area contributed by atoms with E-state index in [0.29, 0.717) is 5.92 Å². The molecule has 0 radical (unpaired) electrons. The molecule has 1 atom stereocenters. The molecule has 13 heavy (non-hydrogen) atoms. The monoisotopic (exact) mass is 184 g/mol. The van der Waals surface area contributed by atoms with Crippen LogP contribution in [-0.4, -0.2) is 11.2 Å². The van der Waals surface area contributed by atoms with Gasteiger partial charge >= 0.3 is 0 Å². The van der Waals surface area contributed by atoms with E-state index in [9.17, 15) is 5.11 Å². The third kappa shape index (κ3) is 5.87. The Morgan fingerprint density at radius 3 is 2.08 bits per heavy atom. The molecule has 0 aliphatic rings. The van der Waals surface area contributed by atoms with E-state index in [4.69, 9.17) is 0 Å². The van der Waals surface area contributed by atoms with Gasteiger partial charge in [-0.3, -0.25) is 0 Å². The molecular weight excluding hydrogens is 160 g/mol. The van der Waals surface area contributed by atoms with Crippen LogP contribution in [0.4, 0.5) is 0 Å². The fourth-order valence-corrected chi connectivity index (χ4v) is 1.74. The molecule has 0 fully saturated rings. The second-order valence-corrected chi connectivity index (χ2v) is 3.71. The maximum atomic E-state index is 9.85. The van der Waals surface area contributed by atoms with Crippen molar-refractivity contribution in [2.24, 2.45) is 5.92 Å². The number of aliphatic hydroxyl groups excluding tert-OH is 1. The SMILES string of the molecule is CC=CCC(O)C(CCC)CCC. The normalized spacial score (nSPS) is 14.2. The lowest BCUT2D eigenvalue weighted by Crippen LogP contribution is -2.19. The van der Waals surface area contributed by atoms with Crippen molar-refractivity contribution in [1.82, 2.24) is 0 Å². The molecule has 0 aliphatic carbocycles. The van der Waals surface area contributed by atoms with Crippen LogP contribution in [0, 0.1) is 5.92 Å². The largest absolute Gasteiger partial charge is 0.393 e. The van der Waals surface area contributed by atoms with Crippen LogP contribution >= 0.6 is 0 Å². The van der Waals surface area contributed by atoms with Gasteiger partial charge in [-0.05, 0) is 32.1 Å². The first-order chi connectivity index (χ1) is 6.26. The lowest BCUT2D eigenvalue weighted by molar-refractivity contribution is 0.0987. The summed E-state index contributed by atoms with van der Waals surface area (Å²) in [7, 11) is 0. The average molecular weight is 184 g/mol. The van der Waals surface area contributed by atoms with Crippen LogP contribution in [0.2, 0.25) is 0 Å². The van der Waals surface area contributed by atoms with E-state index in [2.05, 4.69) is 19.9 Å². The highest BCUT2D eigenvalue weighted by atomic mass is 16.3. The van der Waals surface area contributed by atoms with Gasteiger partial charge in [-0.15, -0.1) is 0 Å². The van der Waals surface area contributed by atoms with Gasteiger partial charge in [-0.25, -0.2) is 0 Å². The molecule has 1 N–H and O–H groups in total. The predicted molar refractivity (Wildman–Crippen MR) is 58.7 cm³/mol. The van der Waals surface area contributed by atoms with Crippen molar-refractivity contribution in [1.29, 1.82) is 0 Å². The molecule has 0 saturated carbocycles. The molecule has 0 aromatic carbocycles. The number of allylic oxidation sites excluding steroid dienone is 1. The minimum absolute atomic E-state index is 0.129. The van der Waals surface area contributed by atoms with Crippen molar-refractivity contribution >= 4 is 0 Å². The maximum Gasteiger partial charge on any atom is 0.0602 e. The summed E-state index contributed by atoms with van der Waals surface area (Å²) in [5.41, 5.74) is 0. The number of hydrogen-bond donors (Lipinski definition) is 1. The Bertz CT molecular complexity index is 123. The molecule has 1 heteroatoms. The Kier molecular flexibility index (Phi) is 8.11. The zero-order valence-electron chi connectivity index (χ0n) is 9.29. The van der Waals surface area contributed by atoms with Crippen LogP contribution in [0.15, 0.2) is 12.2 Å². The molecule has 0 spiro atoms. The van der Waals surface area contributed by atoms with Gasteiger partial charge in [-0.2, -0.15) is 0 Å². The predicted octanol–water partition coefficient (Wildman–Crippen LogP) is 3.53. The van der Waals surface area contributed by atoms with E-state index in [0.717, 1.165) is 19.3 Å². The highest BCUT2D eigenvalue weighted by Gasteiger charge is 2.15. The minimum Gasteiger partial charge on any atom is -0.393 e. The lowest BCUT2D eigenvalue weighted by Gasteiger charge is -2.20. The van der Waals surface area contributed by atoms with Crippen molar-refractivity contribution in [2.45, 2.75) is 59.0 Å². The van der Waals surface area contributed by atoms with Crippen molar-refractivity contribution < 1.29 is 5.11 Å². The van der Waals surface area contributed by atoms with E-state index in [1.54, 1.807) is 0 Å². The van der Waals surface area contributed by atoms with E-state index in [-0.39, 0.29) is 6.10 Å². The fraction of sp³-hybridized carbons (Fsp3) is 0.833. The highest BCUT2D eigenvalue weighted by molar-refractivity contribution is 4.82. The molecule has 1 unspecified atom stereocenters. The van der Waals surface area contributed by atoms with Gasteiger partial charge in [0.05, 0.1) is 6.10 Å². The number of aliphatic hydroxyl groups is 1. The molecule has 0 bridgehead atoms. The topological polar surface area (TPSA) is 20.2 Å². The van der Waals surface area contributed by atoms with Gasteiger partial charge in [0.25, 0.3) is 0 Å². The van der Waals surface area contributed by atoms with Gasteiger partial charge in [0.1, 0.15) is 0 Å². The van der Waals surface area contributed by atoms with E-state index in [1.165, 1.54) is 12.8 Å². The van der Waals surface area contributed by atoms with Crippen LogP contribution in [0.1, 0.15) is 52.9 Å². The van der Waals surface area contributed by atoms with Gasteiger partial charge in [0.2, 0.25) is 0 Å². The Hall–Kier alpha value is -0.300. The van der Waals surface area contributed by atoms with Crippen molar-refractivity contribution in [3.05, 3.63) is 12.2 Å². The third-order valence-electron chi connectivity index (χ3n) is 2.48. The van der Waals surface area contributed by atoms with E-state index >= 15 is 0 Å². The second-order valence-electron chi connectivity index (χ2n) is 3.71. The van der Waals surface area contributed by atoms with Gasteiger partial charge in [0, 0.05) is 0 Å². The zero-order valence-corrected chi connectivity index (χ0v) is 9.29. The fourth-order valence-electron chi connectivity index (χ4n) is 1.74. The van der Waals surface area contributed by atoms with Crippen molar-refractivity contribution in [3.8, 4) is 0 Å². The summed E-state index contributed by atoms with van der Waals surface area (Å²) in [4.78, 5) is 0. The highest BCUT2D eigenvalue weighted by Crippen LogP contribution is 2.20. The Morgan fingerprint density at radius 2 is 1.69 bits per heavy atom. The molecule has 0 rings (SSSR count). The van der Waals surface area contributed by atoms with E-state index < -0.39 is 0 Å². The van der Waals surface area contributed by atoms with Crippen molar-refractivity contribution in [3.63, 3.8) is 0 Å². The molecule has 0 aromatic heterocycles. The number of hydrogen-bond acceptors (Lipinski definition) is 1. The summed E-state index contributed by atoms with van der Waals surface area (Å²) < 4.78 is 0. The van der Waals surface area contributed by atoms with E-state index in [1.807, 2.05) is 13.0 Å².